The zero-order valence-corrected chi connectivity index (χ0v) is 14.9. The Morgan fingerprint density at radius 1 is 1.04 bits per heavy atom. The monoisotopic (exact) mass is 368 g/mol. The summed E-state index contributed by atoms with van der Waals surface area (Å²) in [6.45, 7) is 2.08. The van der Waals surface area contributed by atoms with Crippen molar-refractivity contribution in [1.82, 2.24) is 14.8 Å². The van der Waals surface area contributed by atoms with Crippen LogP contribution in [0, 0.1) is 0 Å². The van der Waals surface area contributed by atoms with Crippen LogP contribution in [0.4, 0.5) is 11.4 Å². The number of amides is 2. The van der Waals surface area contributed by atoms with Gasteiger partial charge in [-0.25, -0.2) is 4.79 Å². The van der Waals surface area contributed by atoms with Crippen molar-refractivity contribution in [3.8, 4) is 0 Å². The molecule has 1 aliphatic rings. The van der Waals surface area contributed by atoms with Crippen molar-refractivity contribution in [1.29, 1.82) is 0 Å². The molecule has 1 N–H and O–H groups in total. The number of anilines is 2. The van der Waals surface area contributed by atoms with Gasteiger partial charge in [-0.1, -0.05) is 0 Å². The van der Waals surface area contributed by atoms with Crippen LogP contribution in [0.3, 0.4) is 0 Å². The van der Waals surface area contributed by atoms with Gasteiger partial charge in [0.05, 0.1) is 30.1 Å². The van der Waals surface area contributed by atoms with Gasteiger partial charge < -0.3 is 19.9 Å². The van der Waals surface area contributed by atoms with Crippen LogP contribution in [0.5, 0.6) is 0 Å². The largest absolute Gasteiger partial charge is 0.465 e. The quantitative estimate of drug-likeness (QED) is 0.636. The van der Waals surface area contributed by atoms with Crippen molar-refractivity contribution in [2.45, 2.75) is 0 Å². The summed E-state index contributed by atoms with van der Waals surface area (Å²) in [6.07, 6.45) is 3.95. The number of rotatable bonds is 5. The van der Waals surface area contributed by atoms with Crippen LogP contribution in [0.2, 0.25) is 0 Å². The topological polar surface area (TPSA) is 91.8 Å². The van der Waals surface area contributed by atoms with E-state index in [-0.39, 0.29) is 5.91 Å². The second-order valence-electron chi connectivity index (χ2n) is 6.09. The lowest BCUT2D eigenvalue weighted by Crippen LogP contribution is -2.48. The van der Waals surface area contributed by atoms with Crippen molar-refractivity contribution >= 4 is 29.7 Å². The van der Waals surface area contributed by atoms with E-state index < -0.39 is 5.97 Å². The molecule has 1 saturated heterocycles. The summed E-state index contributed by atoms with van der Waals surface area (Å²) in [5, 5.41) is 3.16. The maximum absolute atomic E-state index is 12.7. The Morgan fingerprint density at radius 3 is 2.37 bits per heavy atom. The van der Waals surface area contributed by atoms with E-state index in [9.17, 15) is 14.4 Å². The first kappa shape index (κ1) is 18.4. The molecule has 1 aromatic carbocycles. The van der Waals surface area contributed by atoms with Gasteiger partial charge >= 0.3 is 5.97 Å². The third-order valence-electron chi connectivity index (χ3n) is 4.33. The molecule has 0 bridgehead atoms. The third kappa shape index (κ3) is 4.41. The molecule has 1 aromatic heterocycles. The second-order valence-corrected chi connectivity index (χ2v) is 6.09. The summed E-state index contributed by atoms with van der Waals surface area (Å²) >= 11 is 0. The van der Waals surface area contributed by atoms with E-state index in [1.807, 2.05) is 0 Å². The predicted octanol–water partition coefficient (Wildman–Crippen LogP) is 1.53. The number of aromatic nitrogens is 1. The fourth-order valence-corrected chi connectivity index (χ4v) is 2.81. The highest BCUT2D eigenvalue weighted by Gasteiger charge is 2.21. The Labute approximate surface area is 156 Å². The van der Waals surface area contributed by atoms with E-state index in [0.717, 1.165) is 12.1 Å². The lowest BCUT2D eigenvalue weighted by molar-refractivity contribution is -0.119. The van der Waals surface area contributed by atoms with E-state index in [0.29, 0.717) is 43.0 Å². The minimum atomic E-state index is -0.398. The predicted molar refractivity (Wildman–Crippen MR) is 98.8 cm³/mol. The van der Waals surface area contributed by atoms with Gasteiger partial charge in [-0.05, 0) is 30.3 Å². The fourth-order valence-electron chi connectivity index (χ4n) is 2.81. The number of hydrogen-bond acceptors (Lipinski definition) is 6. The van der Waals surface area contributed by atoms with E-state index in [4.69, 9.17) is 0 Å². The number of nitrogens with one attached hydrogen (secondary N) is 1. The standard InChI is InChI=1S/C19H20N4O4/c1-27-19(26)14-2-4-16(5-3-14)21-17-10-15(11-20-12-17)18(25)23-8-6-22(13-24)7-9-23/h2-5,10-13,21H,6-9H2,1H3. The molecule has 2 heterocycles. The highest BCUT2D eigenvalue weighted by atomic mass is 16.5. The Hall–Kier alpha value is -3.42. The van der Waals surface area contributed by atoms with Gasteiger partial charge in [0.15, 0.2) is 0 Å². The van der Waals surface area contributed by atoms with Crippen LogP contribution in [-0.4, -0.2) is 66.4 Å². The maximum Gasteiger partial charge on any atom is 0.337 e. The Balaban J connectivity index is 1.67. The van der Waals surface area contributed by atoms with Gasteiger partial charge in [0, 0.05) is 38.1 Å². The van der Waals surface area contributed by atoms with Crippen LogP contribution >= 0.6 is 0 Å². The summed E-state index contributed by atoms with van der Waals surface area (Å²) in [4.78, 5) is 42.4. The number of benzene rings is 1. The Bertz CT molecular complexity index is 830. The highest BCUT2D eigenvalue weighted by molar-refractivity contribution is 5.95. The molecule has 3 rings (SSSR count). The molecule has 0 aliphatic carbocycles. The molecule has 1 fully saturated rings. The number of methoxy groups -OCH3 is 1. The maximum atomic E-state index is 12.7. The van der Waals surface area contributed by atoms with Crippen molar-refractivity contribution in [3.05, 3.63) is 53.9 Å². The number of pyridine rings is 1. The molecule has 27 heavy (non-hydrogen) atoms. The number of esters is 1. The molecule has 0 saturated carbocycles. The minimum absolute atomic E-state index is 0.113. The molecule has 140 valence electrons. The first-order valence-corrected chi connectivity index (χ1v) is 8.50. The molecule has 2 aromatic rings. The second kappa shape index (κ2) is 8.31. The average molecular weight is 368 g/mol. The van der Waals surface area contributed by atoms with Crippen LogP contribution in [0.25, 0.3) is 0 Å². The van der Waals surface area contributed by atoms with E-state index >= 15 is 0 Å². The van der Waals surface area contributed by atoms with Crippen molar-refractivity contribution in [3.63, 3.8) is 0 Å². The Kier molecular flexibility index (Phi) is 5.65. The van der Waals surface area contributed by atoms with E-state index in [1.54, 1.807) is 46.3 Å². The summed E-state index contributed by atoms with van der Waals surface area (Å²) in [5.41, 5.74) is 2.36. The molecule has 8 nitrogen and oxygen atoms in total. The van der Waals surface area contributed by atoms with Crippen molar-refractivity contribution < 1.29 is 19.1 Å². The minimum Gasteiger partial charge on any atom is -0.465 e. The number of ether oxygens (including phenoxy) is 1. The van der Waals surface area contributed by atoms with Gasteiger partial charge in [0.1, 0.15) is 0 Å². The van der Waals surface area contributed by atoms with Crippen LogP contribution < -0.4 is 5.32 Å². The SMILES string of the molecule is COC(=O)c1ccc(Nc2cncc(C(=O)N3CCN(C=O)CC3)c2)cc1. The van der Waals surface area contributed by atoms with Gasteiger partial charge in [-0.3, -0.25) is 14.6 Å². The van der Waals surface area contributed by atoms with Gasteiger partial charge in [-0.15, -0.1) is 0 Å². The van der Waals surface area contributed by atoms with E-state index in [1.165, 1.54) is 13.3 Å². The number of piperazine rings is 1. The van der Waals surface area contributed by atoms with Crippen LogP contribution in [-0.2, 0) is 9.53 Å². The molecule has 0 radical (unpaired) electrons. The zero-order valence-electron chi connectivity index (χ0n) is 14.9. The van der Waals surface area contributed by atoms with Crippen LogP contribution in [0.1, 0.15) is 20.7 Å². The highest BCUT2D eigenvalue weighted by Crippen LogP contribution is 2.19. The molecule has 2 amide bonds. The normalized spacial score (nSPS) is 13.8. The first-order chi connectivity index (χ1) is 13.1. The smallest absolute Gasteiger partial charge is 0.337 e. The van der Waals surface area contributed by atoms with Crippen molar-refractivity contribution in [2.75, 3.05) is 38.6 Å². The van der Waals surface area contributed by atoms with Crippen molar-refractivity contribution in [2.24, 2.45) is 0 Å². The summed E-state index contributed by atoms with van der Waals surface area (Å²) in [6, 6.07) is 8.54. The molecular weight excluding hydrogens is 348 g/mol. The number of carbonyl (C=O) groups excluding carboxylic acids is 3. The number of hydrogen-bond donors (Lipinski definition) is 1. The lowest BCUT2D eigenvalue weighted by Gasteiger charge is -2.32. The molecule has 1 aliphatic heterocycles. The van der Waals surface area contributed by atoms with E-state index in [2.05, 4.69) is 15.0 Å². The number of nitrogens with zero attached hydrogens (tertiary/aromatic N) is 3. The van der Waals surface area contributed by atoms with Gasteiger partial charge in [-0.2, -0.15) is 0 Å². The summed E-state index contributed by atoms with van der Waals surface area (Å²) < 4.78 is 4.67. The van der Waals surface area contributed by atoms with Crippen LogP contribution in [0.15, 0.2) is 42.7 Å². The summed E-state index contributed by atoms with van der Waals surface area (Å²) in [7, 11) is 1.33. The molecule has 0 atom stereocenters. The fraction of sp³-hybridized carbons (Fsp3) is 0.263. The molecular formula is C19H20N4O4. The number of carbonyl (C=O) groups is 3. The first-order valence-electron chi connectivity index (χ1n) is 8.50. The van der Waals surface area contributed by atoms with Gasteiger partial charge in [0.2, 0.25) is 6.41 Å². The average Bonchev–Trinajstić information content (AvgIpc) is 2.73. The lowest BCUT2D eigenvalue weighted by atomic mass is 10.2. The zero-order chi connectivity index (χ0) is 19.2. The molecule has 0 unspecified atom stereocenters. The molecule has 0 spiro atoms. The van der Waals surface area contributed by atoms with Gasteiger partial charge in [0.25, 0.3) is 5.91 Å². The summed E-state index contributed by atoms with van der Waals surface area (Å²) in [5.74, 6) is -0.511. The molecule has 8 heteroatoms. The third-order valence-corrected chi connectivity index (χ3v) is 4.33. The Morgan fingerprint density at radius 2 is 1.74 bits per heavy atom.